The summed E-state index contributed by atoms with van der Waals surface area (Å²) in [4.78, 5) is 24.9. The molecule has 0 aliphatic carbocycles. The molecule has 0 aliphatic rings. The van der Waals surface area contributed by atoms with Crippen LogP contribution < -0.4 is 20.7 Å². The van der Waals surface area contributed by atoms with Crippen molar-refractivity contribution in [3.8, 4) is 17.1 Å². The molecule has 10 nitrogen and oxygen atoms in total. The molecule has 0 radical (unpaired) electrons. The summed E-state index contributed by atoms with van der Waals surface area (Å²) in [6.07, 6.45) is 3.57. The smallest absolute Gasteiger partial charge is 0.254 e. The maximum absolute atomic E-state index is 14.6. The van der Waals surface area contributed by atoms with E-state index in [-0.39, 0.29) is 45.7 Å². The number of ether oxygens (including phenoxy) is 1. The molecule has 1 aromatic carbocycles. The largest absolute Gasteiger partial charge is 0.494 e. The highest BCUT2D eigenvalue weighted by atomic mass is 19.1. The number of hydrogen-bond acceptors (Lipinski definition) is 8. The Morgan fingerprint density at radius 2 is 1.85 bits per heavy atom. The summed E-state index contributed by atoms with van der Waals surface area (Å²) >= 11 is 0. The number of rotatable bonds is 7. The lowest BCUT2D eigenvalue weighted by Gasteiger charge is -2.17. The molecule has 0 saturated heterocycles. The van der Waals surface area contributed by atoms with E-state index >= 15 is 0 Å². The lowest BCUT2D eigenvalue weighted by Crippen LogP contribution is -2.19. The van der Waals surface area contributed by atoms with Gasteiger partial charge in [0.2, 0.25) is 0 Å². The second kappa shape index (κ2) is 9.48. The van der Waals surface area contributed by atoms with Crippen LogP contribution in [0.4, 0.5) is 31.8 Å². The van der Waals surface area contributed by atoms with Gasteiger partial charge in [-0.1, -0.05) is 0 Å². The quantitative estimate of drug-likeness (QED) is 0.377. The van der Waals surface area contributed by atoms with Gasteiger partial charge in [-0.05, 0) is 18.2 Å². The van der Waals surface area contributed by atoms with E-state index in [0.717, 1.165) is 18.5 Å². The monoisotopic (exact) mass is 469 g/mol. The first-order chi connectivity index (χ1) is 17.5. The summed E-state index contributed by atoms with van der Waals surface area (Å²) in [6.45, 7) is -2.77. The number of nitrogens with zero attached hydrogens (tertiary/aromatic N) is 5. The van der Waals surface area contributed by atoms with Gasteiger partial charge in [-0.3, -0.25) is 9.48 Å². The molecule has 0 bridgehead atoms. The number of halogens is 2. The average molecular weight is 469 g/mol. The van der Waals surface area contributed by atoms with Crippen molar-refractivity contribution < 1.29 is 22.4 Å². The molecule has 0 spiro atoms. The number of aryl methyl sites for hydroxylation is 1. The Morgan fingerprint density at radius 3 is 2.53 bits per heavy atom. The van der Waals surface area contributed by atoms with E-state index in [1.54, 1.807) is 7.05 Å². The van der Waals surface area contributed by atoms with Gasteiger partial charge < -0.3 is 20.7 Å². The van der Waals surface area contributed by atoms with Gasteiger partial charge in [0.05, 0.1) is 35.8 Å². The van der Waals surface area contributed by atoms with Gasteiger partial charge in [-0.25, -0.2) is 23.7 Å². The normalized spacial score (nSPS) is 12.3. The standard InChI is InChI=1S/C22H20F2N8O2/c1-25-22(33)15-10-27-19(30-18-5-4-12(23)9-26-18)8-16(15)29-17-7-13(24)6-14(20(17)34-3)21-28-11-32(2)31-21/h4-11H,1-3H3,(H,25,33)(H2,26,27,29,30)/i1D3. The van der Waals surface area contributed by atoms with Crippen LogP contribution in [0.1, 0.15) is 14.5 Å². The molecule has 174 valence electrons. The number of carbonyl (C=O) groups excluding carboxylic acids is 1. The number of anilines is 4. The summed E-state index contributed by atoms with van der Waals surface area (Å²) in [5.74, 6) is -1.34. The summed E-state index contributed by atoms with van der Waals surface area (Å²) in [6, 6.07) is 6.27. The number of hydrogen-bond donors (Lipinski definition) is 3. The lowest BCUT2D eigenvalue weighted by atomic mass is 10.1. The first-order valence-electron chi connectivity index (χ1n) is 11.2. The Kier molecular flexibility index (Phi) is 5.28. The second-order valence-corrected chi connectivity index (χ2v) is 6.96. The molecular weight excluding hydrogens is 446 g/mol. The highest BCUT2D eigenvalue weighted by Gasteiger charge is 2.20. The topological polar surface area (TPSA) is 119 Å². The number of nitrogens with one attached hydrogen (secondary N) is 3. The average Bonchev–Trinajstić information content (AvgIpc) is 3.25. The van der Waals surface area contributed by atoms with Crippen molar-refractivity contribution in [1.29, 1.82) is 0 Å². The number of pyridine rings is 2. The molecule has 0 fully saturated rings. The van der Waals surface area contributed by atoms with Gasteiger partial charge in [-0.15, -0.1) is 0 Å². The van der Waals surface area contributed by atoms with Crippen LogP contribution in [0, 0.1) is 11.6 Å². The Labute approximate surface area is 197 Å². The van der Waals surface area contributed by atoms with Gasteiger partial charge in [0.15, 0.2) is 11.6 Å². The van der Waals surface area contributed by atoms with E-state index in [2.05, 4.69) is 30.7 Å². The molecule has 0 atom stereocenters. The van der Waals surface area contributed by atoms with Crippen molar-refractivity contribution in [2.24, 2.45) is 7.05 Å². The molecule has 3 heterocycles. The van der Waals surface area contributed by atoms with E-state index < -0.39 is 24.5 Å². The molecule has 3 aromatic heterocycles. The van der Waals surface area contributed by atoms with Crippen molar-refractivity contribution in [1.82, 2.24) is 30.0 Å². The minimum Gasteiger partial charge on any atom is -0.494 e. The predicted octanol–water partition coefficient (Wildman–Crippen LogP) is 3.41. The van der Waals surface area contributed by atoms with E-state index in [4.69, 9.17) is 8.85 Å². The summed E-state index contributed by atoms with van der Waals surface area (Å²) in [5, 5.41) is 11.8. The van der Waals surface area contributed by atoms with E-state index in [9.17, 15) is 13.6 Å². The highest BCUT2D eigenvalue weighted by molar-refractivity contribution is 6.00. The zero-order valence-electron chi connectivity index (χ0n) is 20.9. The molecule has 0 saturated carbocycles. The zero-order valence-corrected chi connectivity index (χ0v) is 17.9. The maximum atomic E-state index is 14.6. The van der Waals surface area contributed by atoms with Gasteiger partial charge in [0.1, 0.15) is 29.6 Å². The molecule has 0 unspecified atom stereocenters. The van der Waals surface area contributed by atoms with Crippen molar-refractivity contribution in [3.63, 3.8) is 0 Å². The second-order valence-electron chi connectivity index (χ2n) is 6.96. The predicted molar refractivity (Wildman–Crippen MR) is 121 cm³/mol. The number of amides is 1. The fraction of sp³-hybridized carbons (Fsp3) is 0.136. The highest BCUT2D eigenvalue weighted by Crippen LogP contribution is 2.38. The van der Waals surface area contributed by atoms with E-state index in [1.807, 2.05) is 5.32 Å². The third-order valence-electron chi connectivity index (χ3n) is 4.61. The first-order valence-corrected chi connectivity index (χ1v) is 9.74. The van der Waals surface area contributed by atoms with Crippen LogP contribution in [0.3, 0.4) is 0 Å². The van der Waals surface area contributed by atoms with E-state index in [1.165, 1.54) is 42.4 Å². The van der Waals surface area contributed by atoms with Crippen LogP contribution in [0.5, 0.6) is 5.75 Å². The van der Waals surface area contributed by atoms with Crippen LogP contribution in [-0.4, -0.2) is 44.7 Å². The van der Waals surface area contributed by atoms with Gasteiger partial charge in [0, 0.05) is 36.5 Å². The number of aromatic nitrogens is 5. The number of benzene rings is 1. The van der Waals surface area contributed by atoms with Gasteiger partial charge >= 0.3 is 0 Å². The van der Waals surface area contributed by atoms with E-state index in [0.29, 0.717) is 0 Å². The Hall–Kier alpha value is -4.61. The summed E-state index contributed by atoms with van der Waals surface area (Å²) in [7, 11) is 3.02. The zero-order chi connectivity index (χ0) is 26.7. The Balaban J connectivity index is 1.78. The molecule has 1 amide bonds. The third-order valence-corrected chi connectivity index (χ3v) is 4.61. The molecular formula is C22H20F2N8O2. The Morgan fingerprint density at radius 1 is 1.03 bits per heavy atom. The summed E-state index contributed by atoms with van der Waals surface area (Å²) < 4.78 is 56.9. The lowest BCUT2D eigenvalue weighted by molar-refractivity contribution is 0.0963. The first kappa shape index (κ1) is 18.9. The van der Waals surface area contributed by atoms with Crippen LogP contribution in [0.25, 0.3) is 11.4 Å². The molecule has 4 rings (SSSR count). The molecule has 12 heteroatoms. The van der Waals surface area contributed by atoms with Crippen LogP contribution in [0.15, 0.2) is 49.1 Å². The molecule has 4 aromatic rings. The van der Waals surface area contributed by atoms with Crippen LogP contribution in [0.2, 0.25) is 0 Å². The van der Waals surface area contributed by atoms with Crippen molar-refractivity contribution >= 4 is 28.9 Å². The molecule has 0 aliphatic heterocycles. The minimum absolute atomic E-state index is 0.0604. The minimum atomic E-state index is -2.77. The van der Waals surface area contributed by atoms with Crippen LogP contribution in [-0.2, 0) is 7.05 Å². The molecule has 34 heavy (non-hydrogen) atoms. The number of methoxy groups -OCH3 is 1. The van der Waals surface area contributed by atoms with Crippen molar-refractivity contribution in [2.75, 3.05) is 24.7 Å². The fourth-order valence-electron chi connectivity index (χ4n) is 3.14. The third kappa shape index (κ3) is 4.75. The van der Waals surface area contributed by atoms with Crippen molar-refractivity contribution in [2.45, 2.75) is 0 Å². The van der Waals surface area contributed by atoms with Crippen molar-refractivity contribution in [3.05, 3.63) is 66.3 Å². The summed E-state index contributed by atoms with van der Waals surface area (Å²) in [5.41, 5.74) is 0.245. The molecule has 3 N–H and O–H groups in total. The maximum Gasteiger partial charge on any atom is 0.254 e. The van der Waals surface area contributed by atoms with Gasteiger partial charge in [0.25, 0.3) is 5.91 Å². The number of carbonyl (C=O) groups is 1. The van der Waals surface area contributed by atoms with Gasteiger partial charge in [-0.2, -0.15) is 5.10 Å². The fourth-order valence-corrected chi connectivity index (χ4v) is 3.14. The Bertz CT molecular complexity index is 1450. The van der Waals surface area contributed by atoms with Crippen LogP contribution >= 0.6 is 0 Å². The SMILES string of the molecule is [2H]C([2H])([2H])NC(=O)c1cnc(Nc2ccc(F)cn2)cc1Nc1cc(F)cc(-c2ncn(C)n2)c1OC.